The van der Waals surface area contributed by atoms with Crippen LogP contribution in [0.25, 0.3) is 0 Å². The first kappa shape index (κ1) is 9.96. The Hall–Kier alpha value is -0.120. The average molecular weight is 172 g/mol. The van der Waals surface area contributed by atoms with Crippen LogP contribution >= 0.6 is 0 Å². The van der Waals surface area contributed by atoms with E-state index >= 15 is 0 Å². The molecular formula is C9H20N2O. The molecule has 0 bridgehead atoms. The van der Waals surface area contributed by atoms with Crippen molar-refractivity contribution in [3.63, 3.8) is 0 Å². The van der Waals surface area contributed by atoms with Gasteiger partial charge in [0.15, 0.2) is 0 Å². The van der Waals surface area contributed by atoms with Gasteiger partial charge in [-0.15, -0.1) is 0 Å². The minimum Gasteiger partial charge on any atom is -0.395 e. The second-order valence-corrected chi connectivity index (χ2v) is 4.03. The summed E-state index contributed by atoms with van der Waals surface area (Å²) >= 11 is 0. The van der Waals surface area contributed by atoms with Crippen LogP contribution in [0.4, 0.5) is 0 Å². The monoisotopic (exact) mass is 172 g/mol. The zero-order valence-electron chi connectivity index (χ0n) is 8.25. The molecule has 2 unspecified atom stereocenters. The third kappa shape index (κ3) is 2.19. The molecule has 0 radical (unpaired) electrons. The zero-order chi connectivity index (χ0) is 9.14. The van der Waals surface area contributed by atoms with Crippen molar-refractivity contribution in [2.24, 2.45) is 5.92 Å². The maximum absolute atomic E-state index is 9.00. The van der Waals surface area contributed by atoms with Gasteiger partial charge in [0.05, 0.1) is 6.61 Å². The molecule has 0 aromatic carbocycles. The highest BCUT2D eigenvalue weighted by Gasteiger charge is 2.25. The number of aliphatic hydroxyl groups excluding tert-OH is 1. The second-order valence-electron chi connectivity index (χ2n) is 4.03. The van der Waals surface area contributed by atoms with E-state index in [-0.39, 0.29) is 6.61 Å². The molecule has 0 aromatic heterocycles. The summed E-state index contributed by atoms with van der Waals surface area (Å²) in [7, 11) is 2.08. The summed E-state index contributed by atoms with van der Waals surface area (Å²) in [6, 6.07) is 0.887. The minimum atomic E-state index is 0.258. The molecule has 1 heterocycles. The van der Waals surface area contributed by atoms with Gasteiger partial charge in [-0.25, -0.2) is 0 Å². The second kappa shape index (κ2) is 4.21. The van der Waals surface area contributed by atoms with E-state index in [4.69, 9.17) is 5.11 Å². The highest BCUT2D eigenvalue weighted by molar-refractivity contribution is 4.85. The Kier molecular flexibility index (Phi) is 3.50. The molecule has 3 nitrogen and oxygen atoms in total. The van der Waals surface area contributed by atoms with E-state index < -0.39 is 0 Å². The number of piperazine rings is 1. The first-order valence-corrected chi connectivity index (χ1v) is 4.69. The summed E-state index contributed by atoms with van der Waals surface area (Å²) in [5.41, 5.74) is 0. The van der Waals surface area contributed by atoms with Gasteiger partial charge in [-0.2, -0.15) is 0 Å². The van der Waals surface area contributed by atoms with Crippen molar-refractivity contribution in [2.75, 3.05) is 26.7 Å². The van der Waals surface area contributed by atoms with E-state index in [1.807, 2.05) is 0 Å². The Labute approximate surface area is 74.8 Å². The Morgan fingerprint density at radius 2 is 2.25 bits per heavy atom. The SMILES string of the molecule is CC(C)C1CN(C)C(CO)CN1. The molecule has 72 valence electrons. The van der Waals surface area contributed by atoms with E-state index in [0.717, 1.165) is 13.1 Å². The zero-order valence-corrected chi connectivity index (χ0v) is 8.25. The predicted molar refractivity (Wildman–Crippen MR) is 50.1 cm³/mol. The Morgan fingerprint density at radius 3 is 2.67 bits per heavy atom. The maximum Gasteiger partial charge on any atom is 0.0599 e. The molecular weight excluding hydrogens is 152 g/mol. The molecule has 2 N–H and O–H groups in total. The molecule has 0 spiro atoms. The van der Waals surface area contributed by atoms with Gasteiger partial charge in [0.1, 0.15) is 0 Å². The lowest BCUT2D eigenvalue weighted by molar-refractivity contribution is 0.0922. The first-order chi connectivity index (χ1) is 5.65. The fourth-order valence-electron chi connectivity index (χ4n) is 1.62. The maximum atomic E-state index is 9.00. The molecule has 0 aromatic rings. The van der Waals surface area contributed by atoms with Crippen LogP contribution in [0, 0.1) is 5.92 Å². The van der Waals surface area contributed by atoms with Crippen molar-refractivity contribution in [3.05, 3.63) is 0 Å². The van der Waals surface area contributed by atoms with Crippen LogP contribution in [-0.2, 0) is 0 Å². The summed E-state index contributed by atoms with van der Waals surface area (Å²) in [4.78, 5) is 2.24. The smallest absolute Gasteiger partial charge is 0.0599 e. The first-order valence-electron chi connectivity index (χ1n) is 4.69. The summed E-state index contributed by atoms with van der Waals surface area (Å²) in [6.07, 6.45) is 0. The van der Waals surface area contributed by atoms with Crippen molar-refractivity contribution >= 4 is 0 Å². The summed E-state index contributed by atoms with van der Waals surface area (Å²) in [5, 5.41) is 12.5. The number of hydrogen-bond donors (Lipinski definition) is 2. The van der Waals surface area contributed by atoms with Gasteiger partial charge in [-0.05, 0) is 13.0 Å². The van der Waals surface area contributed by atoms with E-state index in [2.05, 4.69) is 31.1 Å². The fourth-order valence-corrected chi connectivity index (χ4v) is 1.62. The highest BCUT2D eigenvalue weighted by Crippen LogP contribution is 2.10. The van der Waals surface area contributed by atoms with Crippen LogP contribution in [0.5, 0.6) is 0 Å². The van der Waals surface area contributed by atoms with Gasteiger partial charge in [0.2, 0.25) is 0 Å². The van der Waals surface area contributed by atoms with Crippen molar-refractivity contribution in [2.45, 2.75) is 25.9 Å². The average Bonchev–Trinajstić information content (AvgIpc) is 2.04. The Bertz CT molecular complexity index is 138. The predicted octanol–water partition coefficient (Wildman–Crippen LogP) is -0.0931. The largest absolute Gasteiger partial charge is 0.395 e. The van der Waals surface area contributed by atoms with Crippen molar-refractivity contribution in [3.8, 4) is 0 Å². The lowest BCUT2D eigenvalue weighted by Gasteiger charge is -2.38. The molecule has 1 fully saturated rings. The van der Waals surface area contributed by atoms with Crippen LogP contribution in [0.15, 0.2) is 0 Å². The topological polar surface area (TPSA) is 35.5 Å². The molecule has 0 amide bonds. The molecule has 2 atom stereocenters. The summed E-state index contributed by atoms with van der Waals surface area (Å²) in [6.45, 7) is 6.67. The lowest BCUT2D eigenvalue weighted by Crippen LogP contribution is -2.57. The van der Waals surface area contributed by atoms with Crippen molar-refractivity contribution < 1.29 is 5.11 Å². The molecule has 3 heteroatoms. The number of aliphatic hydroxyl groups is 1. The third-order valence-corrected chi connectivity index (χ3v) is 2.74. The number of likely N-dealkylation sites (N-methyl/N-ethyl adjacent to an activating group) is 1. The van der Waals surface area contributed by atoms with Crippen LogP contribution in [0.3, 0.4) is 0 Å². The minimum absolute atomic E-state index is 0.258. The highest BCUT2D eigenvalue weighted by atomic mass is 16.3. The lowest BCUT2D eigenvalue weighted by atomic mass is 10.0. The number of rotatable bonds is 2. The van der Waals surface area contributed by atoms with E-state index in [1.54, 1.807) is 0 Å². The Morgan fingerprint density at radius 1 is 1.58 bits per heavy atom. The third-order valence-electron chi connectivity index (χ3n) is 2.74. The molecule has 12 heavy (non-hydrogen) atoms. The van der Waals surface area contributed by atoms with Gasteiger partial charge in [0.25, 0.3) is 0 Å². The van der Waals surface area contributed by atoms with E-state index in [1.165, 1.54) is 0 Å². The van der Waals surface area contributed by atoms with Crippen LogP contribution < -0.4 is 5.32 Å². The van der Waals surface area contributed by atoms with Gasteiger partial charge < -0.3 is 10.4 Å². The van der Waals surface area contributed by atoms with Crippen LogP contribution in [0.2, 0.25) is 0 Å². The molecule has 1 aliphatic rings. The number of nitrogens with one attached hydrogen (secondary N) is 1. The van der Waals surface area contributed by atoms with E-state index in [9.17, 15) is 0 Å². The summed E-state index contributed by atoms with van der Waals surface area (Å²) in [5.74, 6) is 0.673. The molecule has 0 aliphatic carbocycles. The molecule has 1 aliphatic heterocycles. The fraction of sp³-hybridized carbons (Fsp3) is 1.00. The quantitative estimate of drug-likeness (QED) is 0.611. The normalized spacial score (nSPS) is 32.8. The Balaban J connectivity index is 2.40. The van der Waals surface area contributed by atoms with E-state index in [0.29, 0.717) is 18.0 Å². The van der Waals surface area contributed by atoms with Crippen LogP contribution in [0.1, 0.15) is 13.8 Å². The standard InChI is InChI=1S/C9H20N2O/c1-7(2)9-5-11(3)8(6-12)4-10-9/h7-10,12H,4-6H2,1-3H3. The van der Waals surface area contributed by atoms with Gasteiger partial charge in [-0.1, -0.05) is 13.8 Å². The van der Waals surface area contributed by atoms with Gasteiger partial charge in [-0.3, -0.25) is 4.90 Å². The van der Waals surface area contributed by atoms with Crippen LogP contribution in [-0.4, -0.2) is 48.8 Å². The molecule has 0 saturated carbocycles. The summed E-state index contributed by atoms with van der Waals surface area (Å²) < 4.78 is 0. The van der Waals surface area contributed by atoms with Crippen molar-refractivity contribution in [1.29, 1.82) is 0 Å². The van der Waals surface area contributed by atoms with Gasteiger partial charge >= 0.3 is 0 Å². The molecule has 1 saturated heterocycles. The van der Waals surface area contributed by atoms with Crippen molar-refractivity contribution in [1.82, 2.24) is 10.2 Å². The van der Waals surface area contributed by atoms with Gasteiger partial charge in [0, 0.05) is 25.2 Å². The number of hydrogen-bond acceptors (Lipinski definition) is 3. The number of nitrogens with zero attached hydrogens (tertiary/aromatic N) is 1. The molecule has 1 rings (SSSR count).